The molecule has 0 radical (unpaired) electrons. The summed E-state index contributed by atoms with van der Waals surface area (Å²) in [4.78, 5) is 0. The normalized spacial score (nSPS) is 41.9. The zero-order valence-electron chi connectivity index (χ0n) is 20.4. The van der Waals surface area contributed by atoms with Crippen molar-refractivity contribution in [3.05, 3.63) is 0 Å². The van der Waals surface area contributed by atoms with Crippen molar-refractivity contribution in [2.45, 2.75) is 136 Å². The molecule has 8 atom stereocenters. The second kappa shape index (κ2) is 11.2. The van der Waals surface area contributed by atoms with Crippen LogP contribution in [-0.2, 0) is 0 Å². The summed E-state index contributed by atoms with van der Waals surface area (Å²) >= 11 is 0. The summed E-state index contributed by atoms with van der Waals surface area (Å²) in [5, 5.41) is 11.0. The number of hydrogen-bond donors (Lipinski definition) is 1. The van der Waals surface area contributed by atoms with Gasteiger partial charge in [0.15, 0.2) is 0 Å². The van der Waals surface area contributed by atoms with E-state index in [1.165, 1.54) is 103 Å². The molecule has 0 spiro atoms. The van der Waals surface area contributed by atoms with Gasteiger partial charge in [-0.1, -0.05) is 84.5 Å². The Bertz CT molecular complexity index is 495. The largest absolute Gasteiger partial charge is 0.393 e. The Kier molecular flexibility index (Phi) is 8.64. The van der Waals surface area contributed by atoms with Crippen molar-refractivity contribution in [2.24, 2.45) is 47.3 Å². The zero-order chi connectivity index (χ0) is 20.9. The molecule has 0 heterocycles. The summed E-state index contributed by atoms with van der Waals surface area (Å²) in [5.74, 6) is 7.40. The first-order valence-electron chi connectivity index (χ1n) is 14.3. The van der Waals surface area contributed by atoms with E-state index in [0.717, 1.165) is 60.2 Å². The Morgan fingerprint density at radius 3 is 2.20 bits per heavy atom. The first kappa shape index (κ1) is 23.1. The van der Waals surface area contributed by atoms with Gasteiger partial charge in [0.25, 0.3) is 0 Å². The highest BCUT2D eigenvalue weighted by molar-refractivity contribution is 4.92. The van der Waals surface area contributed by atoms with Crippen molar-refractivity contribution in [2.75, 3.05) is 0 Å². The van der Waals surface area contributed by atoms with Crippen LogP contribution in [0.25, 0.3) is 0 Å². The molecule has 6 unspecified atom stereocenters. The Balaban J connectivity index is 1.25. The summed E-state index contributed by atoms with van der Waals surface area (Å²) in [6.45, 7) is 5.03. The van der Waals surface area contributed by atoms with Gasteiger partial charge in [0.2, 0.25) is 0 Å². The van der Waals surface area contributed by atoms with Crippen molar-refractivity contribution in [3.63, 3.8) is 0 Å². The van der Waals surface area contributed by atoms with Crippen LogP contribution < -0.4 is 0 Å². The van der Waals surface area contributed by atoms with Gasteiger partial charge >= 0.3 is 0 Å². The summed E-state index contributed by atoms with van der Waals surface area (Å²) in [5.41, 5.74) is 0. The third-order valence-corrected chi connectivity index (χ3v) is 10.5. The van der Waals surface area contributed by atoms with Crippen LogP contribution in [0.3, 0.4) is 0 Å². The third kappa shape index (κ3) is 6.05. The third-order valence-electron chi connectivity index (χ3n) is 10.5. The predicted molar refractivity (Wildman–Crippen MR) is 128 cm³/mol. The van der Waals surface area contributed by atoms with Gasteiger partial charge in [0, 0.05) is 0 Å². The highest BCUT2D eigenvalue weighted by Gasteiger charge is 2.42. The summed E-state index contributed by atoms with van der Waals surface area (Å²) < 4.78 is 0. The van der Waals surface area contributed by atoms with Crippen LogP contribution in [0.5, 0.6) is 0 Å². The van der Waals surface area contributed by atoms with E-state index in [4.69, 9.17) is 0 Å². The molecule has 0 aliphatic heterocycles. The lowest BCUT2D eigenvalue weighted by Crippen LogP contribution is -2.40. The van der Waals surface area contributed by atoms with Crippen LogP contribution >= 0.6 is 0 Å². The molecule has 4 rings (SSSR count). The average molecular weight is 417 g/mol. The van der Waals surface area contributed by atoms with Gasteiger partial charge in [0.05, 0.1) is 6.10 Å². The summed E-state index contributed by atoms with van der Waals surface area (Å²) in [6.07, 6.45) is 25.6. The average Bonchev–Trinajstić information content (AvgIpc) is 2.74. The van der Waals surface area contributed by atoms with Crippen LogP contribution in [0.15, 0.2) is 0 Å². The number of aliphatic hydroxyl groups excluding tert-OH is 1. The van der Waals surface area contributed by atoms with E-state index < -0.39 is 0 Å². The van der Waals surface area contributed by atoms with Crippen LogP contribution in [0.4, 0.5) is 0 Å². The molecule has 0 amide bonds. The van der Waals surface area contributed by atoms with Gasteiger partial charge in [-0.3, -0.25) is 0 Å². The van der Waals surface area contributed by atoms with Crippen molar-refractivity contribution in [1.82, 2.24) is 0 Å². The Hall–Kier alpha value is -0.0400. The van der Waals surface area contributed by atoms with E-state index >= 15 is 0 Å². The first-order chi connectivity index (χ1) is 14.6. The molecule has 0 aromatic rings. The molecule has 0 bridgehead atoms. The number of hydrogen-bond acceptors (Lipinski definition) is 1. The fraction of sp³-hybridized carbons (Fsp3) is 1.00. The van der Waals surface area contributed by atoms with Crippen molar-refractivity contribution in [3.8, 4) is 0 Å². The van der Waals surface area contributed by atoms with Gasteiger partial charge < -0.3 is 5.11 Å². The van der Waals surface area contributed by atoms with Gasteiger partial charge in [0.1, 0.15) is 0 Å². The molecule has 4 aliphatic carbocycles. The fourth-order valence-corrected chi connectivity index (χ4v) is 8.74. The minimum absolute atomic E-state index is 0.0246. The second-order valence-electron chi connectivity index (χ2n) is 12.6. The molecular formula is C29H52O. The maximum atomic E-state index is 11.0. The molecule has 4 aliphatic rings. The van der Waals surface area contributed by atoms with Crippen LogP contribution in [-0.4, -0.2) is 11.2 Å². The molecule has 1 nitrogen and oxygen atoms in total. The molecule has 4 saturated carbocycles. The number of aliphatic hydroxyl groups is 1. The summed E-state index contributed by atoms with van der Waals surface area (Å²) in [7, 11) is 0. The Morgan fingerprint density at radius 1 is 0.633 bits per heavy atom. The zero-order valence-corrected chi connectivity index (χ0v) is 20.4. The van der Waals surface area contributed by atoms with E-state index in [-0.39, 0.29) is 6.10 Å². The van der Waals surface area contributed by atoms with Crippen LogP contribution in [0.2, 0.25) is 0 Å². The monoisotopic (exact) mass is 416 g/mol. The van der Waals surface area contributed by atoms with E-state index in [2.05, 4.69) is 13.8 Å². The number of fused-ring (bicyclic) bond motifs is 1. The molecule has 0 aromatic heterocycles. The maximum Gasteiger partial charge on any atom is 0.0545 e. The minimum Gasteiger partial charge on any atom is -0.393 e. The van der Waals surface area contributed by atoms with Gasteiger partial charge in [-0.15, -0.1) is 0 Å². The SMILES string of the molecule is CC1CCCC(C[C@@H](O)CC2CCCC3C2CCC(CCC2CCCCC2)[C@@H]3C)C1. The maximum absolute atomic E-state index is 11.0. The van der Waals surface area contributed by atoms with Gasteiger partial charge in [-0.25, -0.2) is 0 Å². The molecule has 0 saturated heterocycles. The first-order valence-corrected chi connectivity index (χ1v) is 14.3. The van der Waals surface area contributed by atoms with E-state index in [0.29, 0.717) is 0 Å². The molecule has 30 heavy (non-hydrogen) atoms. The molecule has 174 valence electrons. The standard InChI is InChI=1S/C29H52O/c1-21-8-6-11-24(18-21)19-27(30)20-26-12-7-13-28-22(2)25(16-17-29(26)28)15-14-23-9-4-3-5-10-23/h21-30H,3-20H2,1-2H3/t21?,22-,24?,25?,26?,27+,28?,29?/m0/s1. The lowest BCUT2D eigenvalue weighted by molar-refractivity contribution is -0.00436. The fourth-order valence-electron chi connectivity index (χ4n) is 8.74. The van der Waals surface area contributed by atoms with E-state index in [9.17, 15) is 5.11 Å². The smallest absolute Gasteiger partial charge is 0.0545 e. The number of rotatable bonds is 7. The second-order valence-corrected chi connectivity index (χ2v) is 12.6. The lowest BCUT2D eigenvalue weighted by atomic mass is 9.57. The minimum atomic E-state index is -0.0246. The Morgan fingerprint density at radius 2 is 1.40 bits per heavy atom. The van der Waals surface area contributed by atoms with E-state index in [1.807, 2.05) is 0 Å². The van der Waals surface area contributed by atoms with E-state index in [1.54, 1.807) is 0 Å². The molecule has 1 heteroatoms. The van der Waals surface area contributed by atoms with Crippen LogP contribution in [0, 0.1) is 47.3 Å². The van der Waals surface area contributed by atoms with Crippen LogP contribution in [0.1, 0.15) is 129 Å². The molecule has 4 fully saturated rings. The lowest BCUT2D eigenvalue weighted by Gasteiger charge is -2.49. The van der Waals surface area contributed by atoms with Crippen molar-refractivity contribution in [1.29, 1.82) is 0 Å². The van der Waals surface area contributed by atoms with Crippen molar-refractivity contribution >= 4 is 0 Å². The quantitative estimate of drug-likeness (QED) is 0.441. The highest BCUT2D eigenvalue weighted by Crippen LogP contribution is 2.51. The molecular weight excluding hydrogens is 364 g/mol. The molecule has 1 N–H and O–H groups in total. The molecule has 0 aromatic carbocycles. The topological polar surface area (TPSA) is 20.2 Å². The van der Waals surface area contributed by atoms with Gasteiger partial charge in [-0.05, 0) is 92.3 Å². The van der Waals surface area contributed by atoms with Crippen molar-refractivity contribution < 1.29 is 5.11 Å². The predicted octanol–water partition coefficient (Wildman–Crippen LogP) is 8.39. The highest BCUT2D eigenvalue weighted by atomic mass is 16.3. The van der Waals surface area contributed by atoms with Gasteiger partial charge in [-0.2, -0.15) is 0 Å². The summed E-state index contributed by atoms with van der Waals surface area (Å²) in [6, 6.07) is 0. The Labute approximate surface area is 188 Å².